The standard InChI is InChI=1S/C15H18N6O3/c16-14(22)11-3-4-13(17-6-11)20-5-1-2-10(7-20)8-21-9-12(15(23)24)18-19-21/h3-4,6,9-10H,1-2,5,7-8H2,(H2,16,22)(H,23,24). The Labute approximate surface area is 138 Å². The van der Waals surface area contributed by atoms with Gasteiger partial charge in [-0.2, -0.15) is 0 Å². The number of hydrogen-bond donors (Lipinski definition) is 2. The molecule has 0 spiro atoms. The van der Waals surface area contributed by atoms with E-state index in [2.05, 4.69) is 20.2 Å². The third kappa shape index (κ3) is 3.50. The molecule has 9 heteroatoms. The van der Waals surface area contributed by atoms with E-state index in [0.29, 0.717) is 18.0 Å². The van der Waals surface area contributed by atoms with Crippen LogP contribution < -0.4 is 10.6 Å². The van der Waals surface area contributed by atoms with E-state index < -0.39 is 11.9 Å². The van der Waals surface area contributed by atoms with Crippen LogP contribution in [0, 0.1) is 5.92 Å². The summed E-state index contributed by atoms with van der Waals surface area (Å²) in [6.45, 7) is 2.28. The van der Waals surface area contributed by atoms with E-state index in [1.165, 1.54) is 12.4 Å². The zero-order valence-electron chi connectivity index (χ0n) is 13.0. The van der Waals surface area contributed by atoms with Gasteiger partial charge < -0.3 is 15.7 Å². The number of amides is 1. The number of anilines is 1. The molecule has 0 aliphatic carbocycles. The highest BCUT2D eigenvalue weighted by Crippen LogP contribution is 2.22. The number of rotatable bonds is 5. The number of carboxylic acid groups (broad SMARTS) is 1. The molecule has 1 atom stereocenters. The van der Waals surface area contributed by atoms with Gasteiger partial charge in [0, 0.05) is 25.8 Å². The average Bonchev–Trinajstić information content (AvgIpc) is 3.04. The highest BCUT2D eigenvalue weighted by molar-refractivity contribution is 5.92. The van der Waals surface area contributed by atoms with Gasteiger partial charge in [-0.3, -0.25) is 9.48 Å². The summed E-state index contributed by atoms with van der Waals surface area (Å²) in [7, 11) is 0. The first kappa shape index (κ1) is 15.9. The van der Waals surface area contributed by atoms with E-state index in [1.54, 1.807) is 16.8 Å². The van der Waals surface area contributed by atoms with E-state index in [0.717, 1.165) is 31.7 Å². The molecule has 3 heterocycles. The Morgan fingerprint density at radius 1 is 1.38 bits per heavy atom. The molecule has 126 valence electrons. The number of nitrogens with two attached hydrogens (primary N) is 1. The molecule has 0 saturated carbocycles. The van der Waals surface area contributed by atoms with Crippen molar-refractivity contribution in [2.75, 3.05) is 18.0 Å². The van der Waals surface area contributed by atoms with Crippen LogP contribution in [0.15, 0.2) is 24.5 Å². The van der Waals surface area contributed by atoms with Crippen molar-refractivity contribution in [3.63, 3.8) is 0 Å². The lowest BCUT2D eigenvalue weighted by Gasteiger charge is -2.33. The van der Waals surface area contributed by atoms with Gasteiger partial charge in [-0.1, -0.05) is 5.21 Å². The Bertz CT molecular complexity index is 742. The number of aromatic nitrogens is 4. The van der Waals surface area contributed by atoms with Gasteiger partial charge in [0.05, 0.1) is 11.8 Å². The largest absolute Gasteiger partial charge is 0.476 e. The van der Waals surface area contributed by atoms with E-state index in [4.69, 9.17) is 10.8 Å². The number of nitrogens with zero attached hydrogens (tertiary/aromatic N) is 5. The average molecular weight is 330 g/mol. The van der Waals surface area contributed by atoms with Gasteiger partial charge in [-0.25, -0.2) is 9.78 Å². The van der Waals surface area contributed by atoms with Crippen LogP contribution in [0.3, 0.4) is 0 Å². The predicted molar refractivity (Wildman–Crippen MR) is 84.7 cm³/mol. The molecule has 3 rings (SSSR count). The Morgan fingerprint density at radius 3 is 2.83 bits per heavy atom. The summed E-state index contributed by atoms with van der Waals surface area (Å²) in [5, 5.41) is 16.4. The molecule has 1 unspecified atom stereocenters. The van der Waals surface area contributed by atoms with Gasteiger partial charge in [-0.15, -0.1) is 5.10 Å². The second-order valence-corrected chi connectivity index (χ2v) is 5.85. The topological polar surface area (TPSA) is 127 Å². The molecule has 0 radical (unpaired) electrons. The van der Waals surface area contributed by atoms with Crippen LogP contribution in [0.4, 0.5) is 5.82 Å². The minimum atomic E-state index is -1.08. The smallest absolute Gasteiger partial charge is 0.358 e. The molecule has 2 aromatic rings. The molecule has 3 N–H and O–H groups in total. The molecule has 1 amide bonds. The number of piperidine rings is 1. The summed E-state index contributed by atoms with van der Waals surface area (Å²) in [6, 6.07) is 3.46. The first-order valence-corrected chi connectivity index (χ1v) is 7.67. The minimum Gasteiger partial charge on any atom is -0.476 e. The quantitative estimate of drug-likeness (QED) is 0.811. The molecule has 9 nitrogen and oxygen atoms in total. The molecule has 2 aromatic heterocycles. The van der Waals surface area contributed by atoms with Gasteiger partial charge in [0.1, 0.15) is 5.82 Å². The maximum absolute atomic E-state index is 11.1. The monoisotopic (exact) mass is 330 g/mol. The van der Waals surface area contributed by atoms with Gasteiger partial charge in [0.15, 0.2) is 5.69 Å². The first-order valence-electron chi connectivity index (χ1n) is 7.67. The van der Waals surface area contributed by atoms with Gasteiger partial charge in [0.25, 0.3) is 0 Å². The Morgan fingerprint density at radius 2 is 2.21 bits per heavy atom. The van der Waals surface area contributed by atoms with Crippen molar-refractivity contribution in [2.45, 2.75) is 19.4 Å². The van der Waals surface area contributed by atoms with Crippen LogP contribution in [0.1, 0.15) is 33.7 Å². The van der Waals surface area contributed by atoms with Crippen LogP contribution in [0.2, 0.25) is 0 Å². The van der Waals surface area contributed by atoms with Crippen molar-refractivity contribution >= 4 is 17.7 Å². The molecule has 1 fully saturated rings. The molecule has 0 bridgehead atoms. The summed E-state index contributed by atoms with van der Waals surface area (Å²) in [6.07, 6.45) is 4.96. The number of primary amides is 1. The number of pyridine rings is 1. The Hall–Kier alpha value is -2.97. The summed E-state index contributed by atoms with van der Waals surface area (Å²) in [5.41, 5.74) is 5.56. The lowest BCUT2D eigenvalue weighted by molar-refractivity contribution is 0.0690. The van der Waals surface area contributed by atoms with Crippen LogP contribution in [0.5, 0.6) is 0 Å². The number of carbonyl (C=O) groups excluding carboxylic acids is 1. The molecular formula is C15H18N6O3. The fourth-order valence-corrected chi connectivity index (χ4v) is 2.89. The minimum absolute atomic E-state index is 0.0497. The Kier molecular flexibility index (Phi) is 4.41. The molecular weight excluding hydrogens is 312 g/mol. The van der Waals surface area contributed by atoms with Crippen LogP contribution >= 0.6 is 0 Å². The highest BCUT2D eigenvalue weighted by Gasteiger charge is 2.22. The van der Waals surface area contributed by atoms with E-state index in [1.807, 2.05) is 0 Å². The lowest BCUT2D eigenvalue weighted by atomic mass is 9.98. The number of hydrogen-bond acceptors (Lipinski definition) is 6. The third-order valence-corrected chi connectivity index (χ3v) is 4.08. The van der Waals surface area contributed by atoms with E-state index in [-0.39, 0.29) is 5.69 Å². The van der Waals surface area contributed by atoms with Crippen LogP contribution in [-0.2, 0) is 6.54 Å². The molecule has 1 aliphatic heterocycles. The second-order valence-electron chi connectivity index (χ2n) is 5.85. The maximum Gasteiger partial charge on any atom is 0.358 e. The highest BCUT2D eigenvalue weighted by atomic mass is 16.4. The molecule has 0 aromatic carbocycles. The predicted octanol–water partition coefficient (Wildman–Crippen LogP) is 0.387. The zero-order valence-corrected chi connectivity index (χ0v) is 13.0. The lowest BCUT2D eigenvalue weighted by Crippen LogP contribution is -2.37. The van der Waals surface area contributed by atoms with Crippen LogP contribution in [0.25, 0.3) is 0 Å². The zero-order chi connectivity index (χ0) is 17.1. The van der Waals surface area contributed by atoms with Crippen molar-refractivity contribution in [1.29, 1.82) is 0 Å². The number of carboxylic acids is 1. The van der Waals surface area contributed by atoms with E-state index >= 15 is 0 Å². The van der Waals surface area contributed by atoms with Gasteiger partial charge >= 0.3 is 5.97 Å². The number of aromatic carboxylic acids is 1. The number of carbonyl (C=O) groups is 2. The summed E-state index contributed by atoms with van der Waals surface area (Å²) in [5.74, 6) is -0.453. The van der Waals surface area contributed by atoms with Crippen molar-refractivity contribution in [3.05, 3.63) is 35.8 Å². The van der Waals surface area contributed by atoms with Crippen molar-refractivity contribution in [3.8, 4) is 0 Å². The Balaban J connectivity index is 1.65. The molecule has 1 saturated heterocycles. The summed E-state index contributed by atoms with van der Waals surface area (Å²) >= 11 is 0. The summed E-state index contributed by atoms with van der Waals surface area (Å²) < 4.78 is 1.57. The normalized spacial score (nSPS) is 17.7. The summed E-state index contributed by atoms with van der Waals surface area (Å²) in [4.78, 5) is 28.4. The van der Waals surface area contributed by atoms with Crippen molar-refractivity contribution in [1.82, 2.24) is 20.0 Å². The van der Waals surface area contributed by atoms with Gasteiger partial charge in [0.2, 0.25) is 5.91 Å². The maximum atomic E-state index is 11.1. The first-order chi connectivity index (χ1) is 11.5. The fraction of sp³-hybridized carbons (Fsp3) is 0.400. The molecule has 24 heavy (non-hydrogen) atoms. The van der Waals surface area contributed by atoms with E-state index in [9.17, 15) is 9.59 Å². The third-order valence-electron chi connectivity index (χ3n) is 4.08. The second kappa shape index (κ2) is 6.65. The van der Waals surface area contributed by atoms with Crippen molar-refractivity contribution < 1.29 is 14.7 Å². The SMILES string of the molecule is NC(=O)c1ccc(N2CCCC(Cn3cc(C(=O)O)nn3)C2)nc1. The van der Waals surface area contributed by atoms with Crippen molar-refractivity contribution in [2.24, 2.45) is 11.7 Å². The molecule has 1 aliphatic rings. The fourth-order valence-electron chi connectivity index (χ4n) is 2.89. The van der Waals surface area contributed by atoms with Crippen LogP contribution in [-0.4, -0.2) is 50.1 Å². The van der Waals surface area contributed by atoms with Gasteiger partial charge in [-0.05, 0) is 30.9 Å².